The second-order valence-electron chi connectivity index (χ2n) is 5.37. The monoisotopic (exact) mass is 330 g/mol. The molecule has 0 fully saturated rings. The number of amides is 2. The van der Waals surface area contributed by atoms with Crippen molar-refractivity contribution < 1.29 is 18.7 Å². The summed E-state index contributed by atoms with van der Waals surface area (Å²) in [6.07, 6.45) is -0.584. The van der Waals surface area contributed by atoms with Crippen LogP contribution in [0.25, 0.3) is 0 Å². The molecule has 2 N–H and O–H groups in total. The van der Waals surface area contributed by atoms with E-state index in [9.17, 15) is 14.0 Å². The summed E-state index contributed by atoms with van der Waals surface area (Å²) in [4.78, 5) is 24.0. The molecule has 126 valence electrons. The van der Waals surface area contributed by atoms with E-state index < -0.39 is 17.8 Å². The second kappa shape index (κ2) is 7.70. The predicted octanol–water partition coefficient (Wildman–Crippen LogP) is 3.36. The number of rotatable bonds is 5. The van der Waals surface area contributed by atoms with Crippen LogP contribution in [-0.2, 0) is 9.53 Å². The summed E-state index contributed by atoms with van der Waals surface area (Å²) in [6.45, 7) is 3.26. The number of nitrogens with one attached hydrogen (secondary N) is 2. The van der Waals surface area contributed by atoms with E-state index in [0.29, 0.717) is 16.9 Å². The molecule has 0 aliphatic carbocycles. The van der Waals surface area contributed by atoms with Crippen LogP contribution in [0.1, 0.15) is 22.8 Å². The highest BCUT2D eigenvalue weighted by atomic mass is 19.1. The van der Waals surface area contributed by atoms with Crippen molar-refractivity contribution in [3.8, 4) is 0 Å². The molecule has 0 bridgehead atoms. The molecule has 6 heteroatoms. The molecule has 2 rings (SSSR count). The standard InChI is InChI=1S/C18H19FN2O3/c1-11-7-8-13(9-16(11)19)18(23)21-15-6-4-5-14(10-15)20-17(22)12(2)24-3/h4-10,12H,1-3H3,(H,20,22)(H,21,23). The number of methoxy groups -OCH3 is 1. The van der Waals surface area contributed by atoms with Crippen molar-refractivity contribution in [1.29, 1.82) is 0 Å². The zero-order chi connectivity index (χ0) is 17.7. The molecule has 0 aliphatic heterocycles. The molecule has 2 aromatic rings. The fourth-order valence-electron chi connectivity index (χ4n) is 1.96. The molecule has 0 aromatic heterocycles. The average Bonchev–Trinajstić information content (AvgIpc) is 2.56. The van der Waals surface area contributed by atoms with E-state index in [1.54, 1.807) is 50.2 Å². The van der Waals surface area contributed by atoms with Crippen molar-refractivity contribution in [3.05, 3.63) is 59.4 Å². The molecular formula is C18H19FN2O3. The average molecular weight is 330 g/mol. The maximum atomic E-state index is 13.6. The Morgan fingerprint density at radius 3 is 2.38 bits per heavy atom. The molecule has 5 nitrogen and oxygen atoms in total. The Bertz CT molecular complexity index is 762. The van der Waals surface area contributed by atoms with Gasteiger partial charge in [0, 0.05) is 24.0 Å². The molecule has 0 radical (unpaired) electrons. The first kappa shape index (κ1) is 17.6. The van der Waals surface area contributed by atoms with E-state index in [1.807, 2.05) is 0 Å². The van der Waals surface area contributed by atoms with Crippen LogP contribution in [0.2, 0.25) is 0 Å². The highest BCUT2D eigenvalue weighted by molar-refractivity contribution is 6.04. The molecule has 1 atom stereocenters. The van der Waals surface area contributed by atoms with Gasteiger partial charge in [-0.25, -0.2) is 4.39 Å². The van der Waals surface area contributed by atoms with Crippen LogP contribution in [0, 0.1) is 12.7 Å². The fraction of sp³-hybridized carbons (Fsp3) is 0.222. The first-order valence-corrected chi connectivity index (χ1v) is 7.42. The van der Waals surface area contributed by atoms with Gasteiger partial charge in [0.15, 0.2) is 0 Å². The number of carbonyl (C=O) groups excluding carboxylic acids is 2. The molecule has 0 aliphatic rings. The maximum Gasteiger partial charge on any atom is 0.255 e. The second-order valence-corrected chi connectivity index (χ2v) is 5.37. The Labute approximate surface area is 139 Å². The van der Waals surface area contributed by atoms with Gasteiger partial charge in [-0.2, -0.15) is 0 Å². The van der Waals surface area contributed by atoms with E-state index in [2.05, 4.69) is 10.6 Å². The SMILES string of the molecule is COC(C)C(=O)Nc1cccc(NC(=O)c2ccc(C)c(F)c2)c1. The summed E-state index contributed by atoms with van der Waals surface area (Å²) in [6, 6.07) is 11.0. The predicted molar refractivity (Wildman–Crippen MR) is 90.6 cm³/mol. The van der Waals surface area contributed by atoms with Gasteiger partial charge in [-0.15, -0.1) is 0 Å². The first-order chi connectivity index (χ1) is 11.4. The Kier molecular flexibility index (Phi) is 5.65. The molecule has 24 heavy (non-hydrogen) atoms. The van der Waals surface area contributed by atoms with E-state index in [1.165, 1.54) is 13.2 Å². The summed E-state index contributed by atoms with van der Waals surface area (Å²) in [7, 11) is 1.45. The third-order valence-electron chi connectivity index (χ3n) is 3.54. The van der Waals surface area contributed by atoms with Crippen molar-refractivity contribution in [2.75, 3.05) is 17.7 Å². The van der Waals surface area contributed by atoms with Crippen molar-refractivity contribution in [1.82, 2.24) is 0 Å². The zero-order valence-electron chi connectivity index (χ0n) is 13.7. The third kappa shape index (κ3) is 4.39. The van der Waals surface area contributed by atoms with Crippen molar-refractivity contribution in [2.24, 2.45) is 0 Å². The molecule has 2 aromatic carbocycles. The van der Waals surface area contributed by atoms with Gasteiger partial charge in [0.1, 0.15) is 11.9 Å². The van der Waals surface area contributed by atoms with Gasteiger partial charge >= 0.3 is 0 Å². The van der Waals surface area contributed by atoms with Gasteiger partial charge in [-0.3, -0.25) is 9.59 Å². The van der Waals surface area contributed by atoms with Gasteiger partial charge in [-0.05, 0) is 49.7 Å². The van der Waals surface area contributed by atoms with Gasteiger partial charge in [0.2, 0.25) is 0 Å². The highest BCUT2D eigenvalue weighted by Gasteiger charge is 2.12. The minimum atomic E-state index is -0.584. The van der Waals surface area contributed by atoms with E-state index in [-0.39, 0.29) is 11.5 Å². The lowest BCUT2D eigenvalue weighted by atomic mass is 10.1. The summed E-state index contributed by atoms with van der Waals surface area (Å²) < 4.78 is 18.5. The van der Waals surface area contributed by atoms with Crippen LogP contribution in [0.4, 0.5) is 15.8 Å². The zero-order valence-corrected chi connectivity index (χ0v) is 13.7. The summed E-state index contributed by atoms with van der Waals surface area (Å²) in [5, 5.41) is 5.36. The van der Waals surface area contributed by atoms with Crippen LogP contribution >= 0.6 is 0 Å². The lowest BCUT2D eigenvalue weighted by molar-refractivity contribution is -0.124. The first-order valence-electron chi connectivity index (χ1n) is 7.42. The smallest absolute Gasteiger partial charge is 0.255 e. The van der Waals surface area contributed by atoms with Crippen LogP contribution in [0.5, 0.6) is 0 Å². The number of hydrogen-bond acceptors (Lipinski definition) is 3. The summed E-state index contributed by atoms with van der Waals surface area (Å²) in [5.41, 5.74) is 1.71. The molecule has 0 spiro atoms. The number of halogens is 1. The third-order valence-corrected chi connectivity index (χ3v) is 3.54. The Morgan fingerprint density at radius 2 is 1.75 bits per heavy atom. The Morgan fingerprint density at radius 1 is 1.08 bits per heavy atom. The van der Waals surface area contributed by atoms with Crippen LogP contribution < -0.4 is 10.6 Å². The summed E-state index contributed by atoms with van der Waals surface area (Å²) >= 11 is 0. The lowest BCUT2D eigenvalue weighted by Gasteiger charge is -2.12. The topological polar surface area (TPSA) is 67.4 Å². The van der Waals surface area contributed by atoms with Crippen LogP contribution in [0.15, 0.2) is 42.5 Å². The molecule has 0 heterocycles. The van der Waals surface area contributed by atoms with Crippen molar-refractivity contribution >= 4 is 23.2 Å². The molecule has 1 unspecified atom stereocenters. The number of hydrogen-bond donors (Lipinski definition) is 2. The number of aryl methyl sites for hydroxylation is 1. The Balaban J connectivity index is 2.10. The quantitative estimate of drug-likeness (QED) is 0.883. The molecule has 0 saturated carbocycles. The fourth-order valence-corrected chi connectivity index (χ4v) is 1.96. The van der Waals surface area contributed by atoms with Gasteiger partial charge in [-0.1, -0.05) is 12.1 Å². The normalized spacial score (nSPS) is 11.7. The van der Waals surface area contributed by atoms with Crippen molar-refractivity contribution in [3.63, 3.8) is 0 Å². The van der Waals surface area contributed by atoms with Crippen LogP contribution in [-0.4, -0.2) is 25.0 Å². The van der Waals surface area contributed by atoms with Gasteiger partial charge < -0.3 is 15.4 Å². The van der Waals surface area contributed by atoms with E-state index in [4.69, 9.17) is 4.74 Å². The van der Waals surface area contributed by atoms with E-state index >= 15 is 0 Å². The number of ether oxygens (including phenoxy) is 1. The van der Waals surface area contributed by atoms with Gasteiger partial charge in [0.25, 0.3) is 11.8 Å². The number of carbonyl (C=O) groups is 2. The largest absolute Gasteiger partial charge is 0.372 e. The molecule has 2 amide bonds. The van der Waals surface area contributed by atoms with E-state index in [0.717, 1.165) is 0 Å². The maximum absolute atomic E-state index is 13.6. The Hall–Kier alpha value is -2.73. The van der Waals surface area contributed by atoms with Gasteiger partial charge in [0.05, 0.1) is 0 Å². The number of anilines is 2. The van der Waals surface area contributed by atoms with Crippen LogP contribution in [0.3, 0.4) is 0 Å². The summed E-state index contributed by atoms with van der Waals surface area (Å²) in [5.74, 6) is -1.15. The highest BCUT2D eigenvalue weighted by Crippen LogP contribution is 2.17. The minimum Gasteiger partial charge on any atom is -0.372 e. The number of benzene rings is 2. The minimum absolute atomic E-state index is 0.223. The van der Waals surface area contributed by atoms with Crippen molar-refractivity contribution in [2.45, 2.75) is 20.0 Å². The molecular weight excluding hydrogens is 311 g/mol. The lowest BCUT2D eigenvalue weighted by Crippen LogP contribution is -2.26. The molecule has 0 saturated heterocycles.